The highest BCUT2D eigenvalue weighted by molar-refractivity contribution is 5.84. The summed E-state index contributed by atoms with van der Waals surface area (Å²) in [4.78, 5) is 0. The molecule has 0 N–H and O–H groups in total. The number of benzene rings is 4. The Morgan fingerprint density at radius 1 is 0.633 bits per heavy atom. The Hall–Kier alpha value is -3.37. The van der Waals surface area contributed by atoms with Crippen molar-refractivity contribution in [1.82, 2.24) is 0 Å². The first kappa shape index (κ1) is 19.9. The summed E-state index contributed by atoms with van der Waals surface area (Å²) in [5.41, 5.74) is 5.75. The van der Waals surface area contributed by atoms with Crippen LogP contribution in [0.25, 0.3) is 21.9 Å². The molecular weight excluding hydrogens is 367 g/mol. The molecule has 1 heteroatoms. The van der Waals surface area contributed by atoms with Crippen LogP contribution < -0.4 is 0 Å². The molecule has 0 aromatic heterocycles. The van der Waals surface area contributed by atoms with Crippen LogP contribution in [0.3, 0.4) is 0 Å². The van der Waals surface area contributed by atoms with Gasteiger partial charge in [0.15, 0.2) is 0 Å². The number of unbranched alkanes of at least 4 members (excludes halogenated alkanes) is 2. The molecule has 0 heterocycles. The quantitative estimate of drug-likeness (QED) is 0.240. The number of rotatable bonds is 5. The maximum atomic E-state index is 13.3. The molecule has 0 unspecified atom stereocenters. The van der Waals surface area contributed by atoms with Crippen LogP contribution in [0.4, 0.5) is 4.39 Å². The summed E-state index contributed by atoms with van der Waals surface area (Å²) in [5, 5.41) is 1.89. The van der Waals surface area contributed by atoms with Crippen molar-refractivity contribution in [3.8, 4) is 23.0 Å². The molecule has 0 aliphatic rings. The Morgan fingerprint density at radius 3 is 1.97 bits per heavy atom. The largest absolute Gasteiger partial charge is 0.207 e. The normalized spacial score (nSPS) is 10.6. The molecule has 4 aromatic carbocycles. The van der Waals surface area contributed by atoms with Crippen LogP contribution in [0.2, 0.25) is 0 Å². The fourth-order valence-corrected chi connectivity index (χ4v) is 3.63. The van der Waals surface area contributed by atoms with E-state index >= 15 is 0 Å². The van der Waals surface area contributed by atoms with Crippen molar-refractivity contribution in [2.45, 2.75) is 32.6 Å². The number of hydrogen-bond acceptors (Lipinski definition) is 0. The highest BCUT2D eigenvalue weighted by Crippen LogP contribution is 2.21. The van der Waals surface area contributed by atoms with Crippen LogP contribution in [-0.4, -0.2) is 0 Å². The Kier molecular flexibility index (Phi) is 6.26. The van der Waals surface area contributed by atoms with Gasteiger partial charge in [0.25, 0.3) is 0 Å². The Bertz CT molecular complexity index is 1190. The van der Waals surface area contributed by atoms with Gasteiger partial charge in [-0.2, -0.15) is 0 Å². The van der Waals surface area contributed by atoms with E-state index in [0.717, 1.165) is 28.3 Å². The first-order valence-electron chi connectivity index (χ1n) is 10.6. The van der Waals surface area contributed by atoms with E-state index in [-0.39, 0.29) is 5.82 Å². The molecule has 0 fully saturated rings. The van der Waals surface area contributed by atoms with Gasteiger partial charge in [0.1, 0.15) is 5.82 Å². The molecule has 0 saturated carbocycles. The fraction of sp³-hybridized carbons (Fsp3) is 0.172. The lowest BCUT2D eigenvalue weighted by molar-refractivity contribution is 0.630. The molecular formula is C29H25F. The van der Waals surface area contributed by atoms with Gasteiger partial charge >= 0.3 is 0 Å². The zero-order chi connectivity index (χ0) is 20.8. The van der Waals surface area contributed by atoms with Crippen LogP contribution in [-0.2, 0) is 6.42 Å². The lowest BCUT2D eigenvalue weighted by Gasteiger charge is -2.05. The molecule has 0 amide bonds. The summed E-state index contributed by atoms with van der Waals surface area (Å²) in [6.45, 7) is 2.24. The average Bonchev–Trinajstić information content (AvgIpc) is 2.79. The Labute approximate surface area is 178 Å². The van der Waals surface area contributed by atoms with E-state index in [1.165, 1.54) is 42.0 Å². The van der Waals surface area contributed by atoms with Gasteiger partial charge < -0.3 is 0 Å². The molecule has 0 atom stereocenters. The molecule has 0 radical (unpaired) electrons. The molecule has 4 rings (SSSR count). The van der Waals surface area contributed by atoms with Crippen LogP contribution in [0.1, 0.15) is 42.9 Å². The van der Waals surface area contributed by atoms with E-state index in [4.69, 9.17) is 0 Å². The minimum Gasteiger partial charge on any atom is -0.207 e. The molecule has 30 heavy (non-hydrogen) atoms. The second-order valence-electron chi connectivity index (χ2n) is 7.69. The molecule has 0 nitrogen and oxygen atoms in total. The summed E-state index contributed by atoms with van der Waals surface area (Å²) in [7, 11) is 0. The van der Waals surface area contributed by atoms with Crippen molar-refractivity contribution in [2.24, 2.45) is 0 Å². The van der Waals surface area contributed by atoms with E-state index in [0.29, 0.717) is 0 Å². The van der Waals surface area contributed by atoms with Gasteiger partial charge in [-0.25, -0.2) is 4.39 Å². The highest BCUT2D eigenvalue weighted by atomic mass is 19.1. The van der Waals surface area contributed by atoms with E-state index in [1.54, 1.807) is 12.1 Å². The maximum Gasteiger partial charge on any atom is 0.123 e. The number of hydrogen-bond donors (Lipinski definition) is 0. The molecule has 4 aromatic rings. The second-order valence-corrected chi connectivity index (χ2v) is 7.69. The molecule has 0 aliphatic carbocycles. The Morgan fingerprint density at radius 2 is 1.23 bits per heavy atom. The summed E-state index contributed by atoms with van der Waals surface area (Å²) in [5.74, 6) is 6.23. The van der Waals surface area contributed by atoms with Gasteiger partial charge in [0.2, 0.25) is 0 Å². The van der Waals surface area contributed by atoms with Crippen molar-refractivity contribution < 1.29 is 4.39 Å². The monoisotopic (exact) mass is 392 g/mol. The molecule has 0 bridgehead atoms. The van der Waals surface area contributed by atoms with E-state index in [1.807, 2.05) is 18.2 Å². The lowest BCUT2D eigenvalue weighted by Crippen LogP contribution is -1.86. The van der Waals surface area contributed by atoms with Crippen molar-refractivity contribution in [3.05, 3.63) is 107 Å². The van der Waals surface area contributed by atoms with Crippen LogP contribution in [0.15, 0.2) is 84.9 Å². The summed E-state index contributed by atoms with van der Waals surface area (Å²) >= 11 is 0. The van der Waals surface area contributed by atoms with Gasteiger partial charge in [0, 0.05) is 11.1 Å². The smallest absolute Gasteiger partial charge is 0.123 e. The van der Waals surface area contributed by atoms with Crippen LogP contribution in [0.5, 0.6) is 0 Å². The van der Waals surface area contributed by atoms with Crippen molar-refractivity contribution in [3.63, 3.8) is 0 Å². The van der Waals surface area contributed by atoms with Gasteiger partial charge in [0.05, 0.1) is 0 Å². The minimum absolute atomic E-state index is 0.215. The zero-order valence-electron chi connectivity index (χ0n) is 17.3. The third kappa shape index (κ3) is 4.97. The molecule has 0 spiro atoms. The Balaban J connectivity index is 1.46. The topological polar surface area (TPSA) is 0 Å². The first-order chi connectivity index (χ1) is 14.7. The fourth-order valence-electron chi connectivity index (χ4n) is 3.63. The highest BCUT2D eigenvalue weighted by Gasteiger charge is 2.00. The maximum absolute atomic E-state index is 13.3. The summed E-state index contributed by atoms with van der Waals surface area (Å²) < 4.78 is 13.3. The van der Waals surface area contributed by atoms with Crippen molar-refractivity contribution in [2.75, 3.05) is 0 Å². The van der Waals surface area contributed by atoms with Gasteiger partial charge in [-0.3, -0.25) is 0 Å². The average molecular weight is 393 g/mol. The molecule has 148 valence electrons. The molecule has 0 aliphatic heterocycles. The van der Waals surface area contributed by atoms with Gasteiger partial charge in [-0.15, -0.1) is 0 Å². The summed E-state index contributed by atoms with van der Waals surface area (Å²) in [6.07, 6.45) is 4.97. The standard InChI is InChI=1S/C29H25F/c1-2-3-4-5-22-8-13-25(14-9-22)26-15-10-23(11-16-26)6-7-24-12-17-28-21-29(30)19-18-27(28)20-24/h8-21H,2-5H2,1H3. The first-order valence-corrected chi connectivity index (χ1v) is 10.6. The SMILES string of the molecule is CCCCCc1ccc(-c2ccc(C#Cc3ccc4cc(F)ccc4c3)cc2)cc1. The molecule has 0 saturated heterocycles. The third-order valence-electron chi connectivity index (χ3n) is 5.39. The zero-order valence-corrected chi connectivity index (χ0v) is 17.3. The number of aryl methyl sites for hydroxylation is 1. The van der Waals surface area contributed by atoms with Crippen LogP contribution >= 0.6 is 0 Å². The predicted molar refractivity (Wildman–Crippen MR) is 125 cm³/mol. The predicted octanol–water partition coefficient (Wildman–Crippen LogP) is 7.78. The number of halogens is 1. The van der Waals surface area contributed by atoms with E-state index < -0.39 is 0 Å². The van der Waals surface area contributed by atoms with Gasteiger partial charge in [-0.1, -0.05) is 80.1 Å². The van der Waals surface area contributed by atoms with E-state index in [2.05, 4.69) is 67.3 Å². The third-order valence-corrected chi connectivity index (χ3v) is 5.39. The summed E-state index contributed by atoms with van der Waals surface area (Å²) in [6, 6.07) is 27.9. The van der Waals surface area contributed by atoms with E-state index in [9.17, 15) is 4.39 Å². The lowest BCUT2D eigenvalue weighted by atomic mass is 10.0. The van der Waals surface area contributed by atoms with Crippen LogP contribution in [0, 0.1) is 17.7 Å². The van der Waals surface area contributed by atoms with Gasteiger partial charge in [-0.05, 0) is 76.7 Å². The second kappa shape index (κ2) is 9.42. The minimum atomic E-state index is -0.215. The van der Waals surface area contributed by atoms with Crippen molar-refractivity contribution >= 4 is 10.8 Å². The number of fused-ring (bicyclic) bond motifs is 1. The van der Waals surface area contributed by atoms with Crippen molar-refractivity contribution in [1.29, 1.82) is 0 Å².